The summed E-state index contributed by atoms with van der Waals surface area (Å²) >= 11 is 4.78. The van der Waals surface area contributed by atoms with Crippen molar-refractivity contribution in [3.63, 3.8) is 0 Å². The molecule has 0 aromatic heterocycles. The molecule has 0 saturated heterocycles. The highest BCUT2D eigenvalue weighted by atomic mass is 32.1. The molecule has 0 N–H and O–H groups in total. The first-order chi connectivity index (χ1) is 9.65. The highest BCUT2D eigenvalue weighted by molar-refractivity contribution is 7.80. The number of thiol groups is 1. The molecule has 1 rings (SSSR count). The van der Waals surface area contributed by atoms with Crippen molar-refractivity contribution in [3.05, 3.63) is 0 Å². The molecule has 20 heavy (non-hydrogen) atoms. The van der Waals surface area contributed by atoms with E-state index in [2.05, 4.69) is 20.8 Å². The second-order valence-electron chi connectivity index (χ2n) is 6.63. The lowest BCUT2D eigenvalue weighted by Gasteiger charge is -2.33. The number of rotatable bonds is 8. The van der Waals surface area contributed by atoms with Gasteiger partial charge in [0, 0.05) is 5.25 Å². The molecule has 0 aromatic carbocycles. The zero-order valence-corrected chi connectivity index (χ0v) is 15.7. The molecular formula is C19H40S. The van der Waals surface area contributed by atoms with Crippen LogP contribution in [0.3, 0.4) is 0 Å². The van der Waals surface area contributed by atoms with Crippen LogP contribution in [-0.2, 0) is 0 Å². The molecule has 1 heteroatoms. The lowest BCUT2D eigenvalue weighted by molar-refractivity contribution is 0.222. The fourth-order valence-corrected chi connectivity index (χ4v) is 4.00. The first-order valence-corrected chi connectivity index (χ1v) is 9.84. The minimum Gasteiger partial charge on any atom is -0.176 e. The Kier molecular flexibility index (Phi) is 13.3. The van der Waals surface area contributed by atoms with E-state index in [4.69, 9.17) is 12.6 Å². The Labute approximate surface area is 134 Å². The van der Waals surface area contributed by atoms with Crippen LogP contribution in [0, 0.1) is 17.8 Å². The normalized spacial score (nSPS) is 20.7. The van der Waals surface area contributed by atoms with Crippen LogP contribution in [0.15, 0.2) is 0 Å². The minimum absolute atomic E-state index is 0.589. The van der Waals surface area contributed by atoms with Crippen molar-refractivity contribution in [1.82, 2.24) is 0 Å². The standard InChI is InChI=1S/C17H34S.C2H6/c1-4-5-9-14(2)12-13-17(15(3)18)16-10-7-6-8-11-16;1-2/h14-18H,4-13H2,1-3H3;1-2H3. The third kappa shape index (κ3) is 8.60. The van der Waals surface area contributed by atoms with Crippen LogP contribution >= 0.6 is 12.6 Å². The van der Waals surface area contributed by atoms with Gasteiger partial charge in [-0.25, -0.2) is 0 Å². The Morgan fingerprint density at radius 3 is 2.05 bits per heavy atom. The quantitative estimate of drug-likeness (QED) is 0.453. The predicted molar refractivity (Wildman–Crippen MR) is 97.8 cm³/mol. The van der Waals surface area contributed by atoms with E-state index in [1.54, 1.807) is 0 Å². The van der Waals surface area contributed by atoms with Gasteiger partial charge in [-0.15, -0.1) is 0 Å². The maximum atomic E-state index is 4.78. The molecule has 3 atom stereocenters. The van der Waals surface area contributed by atoms with Crippen LogP contribution in [0.1, 0.15) is 98.8 Å². The molecule has 0 bridgehead atoms. The largest absolute Gasteiger partial charge is 0.176 e. The SMILES string of the molecule is CC.CCCCC(C)CCC(C(C)S)C1CCCCC1. The van der Waals surface area contributed by atoms with Gasteiger partial charge in [-0.1, -0.05) is 92.4 Å². The summed E-state index contributed by atoms with van der Waals surface area (Å²) in [5.41, 5.74) is 0. The van der Waals surface area contributed by atoms with Crippen molar-refractivity contribution >= 4 is 12.6 Å². The second kappa shape index (κ2) is 13.0. The first-order valence-electron chi connectivity index (χ1n) is 9.33. The second-order valence-corrected chi connectivity index (χ2v) is 7.44. The van der Waals surface area contributed by atoms with Crippen LogP contribution < -0.4 is 0 Å². The smallest absolute Gasteiger partial charge is 0.00193 e. The molecule has 1 fully saturated rings. The summed E-state index contributed by atoms with van der Waals surface area (Å²) < 4.78 is 0. The summed E-state index contributed by atoms with van der Waals surface area (Å²) in [5, 5.41) is 0.589. The molecule has 0 aromatic rings. The van der Waals surface area contributed by atoms with Gasteiger partial charge in [-0.05, 0) is 24.2 Å². The van der Waals surface area contributed by atoms with Crippen LogP contribution in [0.25, 0.3) is 0 Å². The van der Waals surface area contributed by atoms with Gasteiger partial charge in [0.2, 0.25) is 0 Å². The van der Waals surface area contributed by atoms with Gasteiger partial charge in [-0.3, -0.25) is 0 Å². The van der Waals surface area contributed by atoms with Crippen LogP contribution in [-0.4, -0.2) is 5.25 Å². The van der Waals surface area contributed by atoms with Crippen molar-refractivity contribution in [2.45, 2.75) is 104 Å². The van der Waals surface area contributed by atoms with Gasteiger partial charge < -0.3 is 0 Å². The molecule has 0 spiro atoms. The van der Waals surface area contributed by atoms with Crippen LogP contribution in [0.5, 0.6) is 0 Å². The molecule has 3 unspecified atom stereocenters. The zero-order valence-electron chi connectivity index (χ0n) is 14.8. The molecule has 0 aliphatic heterocycles. The van der Waals surface area contributed by atoms with Gasteiger partial charge in [0.1, 0.15) is 0 Å². The van der Waals surface area contributed by atoms with E-state index in [-0.39, 0.29) is 0 Å². The summed E-state index contributed by atoms with van der Waals surface area (Å²) in [6, 6.07) is 0. The Balaban J connectivity index is 0.00000172. The van der Waals surface area contributed by atoms with Crippen molar-refractivity contribution in [1.29, 1.82) is 0 Å². The summed E-state index contributed by atoms with van der Waals surface area (Å²) in [5.74, 6) is 2.77. The summed E-state index contributed by atoms with van der Waals surface area (Å²) in [4.78, 5) is 0. The average molecular weight is 301 g/mol. The lowest BCUT2D eigenvalue weighted by Crippen LogP contribution is -2.25. The van der Waals surface area contributed by atoms with Crippen molar-refractivity contribution in [2.75, 3.05) is 0 Å². The Bertz CT molecular complexity index is 194. The number of unbranched alkanes of at least 4 members (excludes halogenated alkanes) is 1. The molecular weight excluding hydrogens is 260 g/mol. The monoisotopic (exact) mass is 300 g/mol. The van der Waals surface area contributed by atoms with Crippen molar-refractivity contribution in [3.8, 4) is 0 Å². The fourth-order valence-electron chi connectivity index (χ4n) is 3.61. The highest BCUT2D eigenvalue weighted by Gasteiger charge is 2.26. The van der Waals surface area contributed by atoms with E-state index in [0.29, 0.717) is 5.25 Å². The van der Waals surface area contributed by atoms with Crippen molar-refractivity contribution in [2.24, 2.45) is 17.8 Å². The fraction of sp³-hybridized carbons (Fsp3) is 1.00. The molecule has 1 aliphatic carbocycles. The van der Waals surface area contributed by atoms with Gasteiger partial charge in [-0.2, -0.15) is 12.6 Å². The van der Waals surface area contributed by atoms with Gasteiger partial charge >= 0.3 is 0 Å². The molecule has 1 saturated carbocycles. The summed E-state index contributed by atoms with van der Waals surface area (Å²) in [6.07, 6.45) is 14.4. The molecule has 0 radical (unpaired) electrons. The van der Waals surface area contributed by atoms with Crippen LogP contribution in [0.2, 0.25) is 0 Å². The molecule has 1 aliphatic rings. The van der Waals surface area contributed by atoms with E-state index < -0.39 is 0 Å². The maximum absolute atomic E-state index is 4.78. The first kappa shape index (κ1) is 20.3. The lowest BCUT2D eigenvalue weighted by atomic mass is 9.75. The minimum atomic E-state index is 0.589. The van der Waals surface area contributed by atoms with Gasteiger partial charge in [0.25, 0.3) is 0 Å². The molecule has 0 heterocycles. The predicted octanol–water partition coefficient (Wildman–Crippen LogP) is 7.13. The Morgan fingerprint density at radius 1 is 0.950 bits per heavy atom. The third-order valence-corrected chi connectivity index (χ3v) is 5.30. The van der Waals surface area contributed by atoms with E-state index >= 15 is 0 Å². The van der Waals surface area contributed by atoms with E-state index in [1.165, 1.54) is 64.2 Å². The topological polar surface area (TPSA) is 0 Å². The van der Waals surface area contributed by atoms with Gasteiger partial charge in [0.05, 0.1) is 0 Å². The van der Waals surface area contributed by atoms with Crippen LogP contribution in [0.4, 0.5) is 0 Å². The Hall–Kier alpha value is 0.350. The highest BCUT2D eigenvalue weighted by Crippen LogP contribution is 2.36. The number of hydrogen-bond acceptors (Lipinski definition) is 1. The van der Waals surface area contributed by atoms with Crippen molar-refractivity contribution < 1.29 is 0 Å². The third-order valence-electron chi connectivity index (χ3n) is 4.92. The average Bonchev–Trinajstić information content (AvgIpc) is 2.48. The van der Waals surface area contributed by atoms with E-state index in [9.17, 15) is 0 Å². The maximum Gasteiger partial charge on any atom is 0.00193 e. The zero-order chi connectivity index (χ0) is 15.4. The molecule has 0 nitrogen and oxygen atoms in total. The van der Waals surface area contributed by atoms with E-state index in [0.717, 1.165) is 17.8 Å². The number of hydrogen-bond donors (Lipinski definition) is 1. The summed E-state index contributed by atoms with van der Waals surface area (Å²) in [7, 11) is 0. The molecule has 0 amide bonds. The van der Waals surface area contributed by atoms with Gasteiger partial charge in [0.15, 0.2) is 0 Å². The Morgan fingerprint density at radius 2 is 1.55 bits per heavy atom. The summed E-state index contributed by atoms with van der Waals surface area (Å²) in [6.45, 7) is 11.1. The molecule has 122 valence electrons. The van der Waals surface area contributed by atoms with E-state index in [1.807, 2.05) is 13.8 Å².